The molecular weight excluding hydrogens is 251 g/mol. The highest BCUT2D eigenvalue weighted by Gasteiger charge is 2.11. The molecule has 0 aliphatic heterocycles. The summed E-state index contributed by atoms with van der Waals surface area (Å²) in [6, 6.07) is 3.28. The number of hydrogen-bond donors (Lipinski definition) is 0. The molecule has 84 valence electrons. The fourth-order valence-corrected chi connectivity index (χ4v) is 1.86. The third-order valence-electron chi connectivity index (χ3n) is 2.02. The number of nitrogens with zero attached hydrogens (tertiary/aromatic N) is 2. The summed E-state index contributed by atoms with van der Waals surface area (Å²) in [6.45, 7) is 0. The Hall–Kier alpha value is -1.26. The van der Waals surface area contributed by atoms with E-state index in [0.717, 1.165) is 0 Å². The van der Waals surface area contributed by atoms with E-state index in [-0.39, 0.29) is 16.4 Å². The molecule has 0 N–H and O–H groups in total. The topological polar surface area (TPSA) is 46.3 Å². The van der Waals surface area contributed by atoms with Gasteiger partial charge < -0.3 is 9.32 Å². The zero-order valence-electron chi connectivity index (χ0n) is 8.62. The zero-order valence-corrected chi connectivity index (χ0v) is 10.1. The maximum absolute atomic E-state index is 11.7. The summed E-state index contributed by atoms with van der Waals surface area (Å²) in [5.41, 5.74) is -0.0900. The number of hydrogen-bond acceptors (Lipinski definition) is 4. The second-order valence-corrected chi connectivity index (χ2v) is 4.30. The van der Waals surface area contributed by atoms with E-state index < -0.39 is 5.63 Å². The molecule has 6 heteroatoms. The molecule has 0 aliphatic rings. The highest BCUT2D eigenvalue weighted by Crippen LogP contribution is 2.25. The standard InChI is InChI=1S/C10H8Cl2N2O2/c1-14(2)10-13-7-4-5(11)3-6(12)8(7)9(15)16-10/h3-4H,1-2H3. The van der Waals surface area contributed by atoms with Crippen LogP contribution in [0.15, 0.2) is 21.3 Å². The SMILES string of the molecule is CN(C)c1nc2cc(Cl)cc(Cl)c2c(=O)o1. The van der Waals surface area contributed by atoms with E-state index in [0.29, 0.717) is 10.5 Å². The van der Waals surface area contributed by atoms with E-state index >= 15 is 0 Å². The molecule has 16 heavy (non-hydrogen) atoms. The van der Waals surface area contributed by atoms with Gasteiger partial charge in [0.2, 0.25) is 0 Å². The quantitative estimate of drug-likeness (QED) is 0.789. The lowest BCUT2D eigenvalue weighted by atomic mass is 10.2. The number of halogens is 2. The average Bonchev–Trinajstić information content (AvgIpc) is 2.15. The lowest BCUT2D eigenvalue weighted by Gasteiger charge is -2.09. The molecular formula is C10H8Cl2N2O2. The summed E-state index contributed by atoms with van der Waals surface area (Å²) in [7, 11) is 3.45. The van der Waals surface area contributed by atoms with Gasteiger partial charge in [0, 0.05) is 19.1 Å². The van der Waals surface area contributed by atoms with E-state index in [1.165, 1.54) is 6.07 Å². The molecule has 2 aromatic rings. The van der Waals surface area contributed by atoms with Gasteiger partial charge in [0.1, 0.15) is 5.39 Å². The Labute approximate surface area is 101 Å². The van der Waals surface area contributed by atoms with Gasteiger partial charge in [-0.1, -0.05) is 23.2 Å². The lowest BCUT2D eigenvalue weighted by Crippen LogP contribution is -2.14. The van der Waals surface area contributed by atoms with E-state index in [9.17, 15) is 4.79 Å². The van der Waals surface area contributed by atoms with Crippen LogP contribution in [0.3, 0.4) is 0 Å². The van der Waals surface area contributed by atoms with Gasteiger partial charge in [-0.25, -0.2) is 4.79 Å². The van der Waals surface area contributed by atoms with Crippen LogP contribution < -0.4 is 10.5 Å². The van der Waals surface area contributed by atoms with Crippen LogP contribution in [-0.2, 0) is 0 Å². The molecule has 1 aromatic heterocycles. The van der Waals surface area contributed by atoms with Crippen LogP contribution in [0.2, 0.25) is 10.0 Å². The first-order valence-electron chi connectivity index (χ1n) is 4.46. The Kier molecular flexibility index (Phi) is 2.78. The average molecular weight is 259 g/mol. The first-order valence-corrected chi connectivity index (χ1v) is 5.22. The maximum atomic E-state index is 11.7. The van der Waals surface area contributed by atoms with Gasteiger partial charge >= 0.3 is 5.63 Å². The zero-order chi connectivity index (χ0) is 11.9. The van der Waals surface area contributed by atoms with Crippen molar-refractivity contribution in [2.45, 2.75) is 0 Å². The molecule has 0 atom stereocenters. The minimum absolute atomic E-state index is 0.218. The number of aromatic nitrogens is 1. The third kappa shape index (κ3) is 1.86. The first-order chi connectivity index (χ1) is 7.49. The van der Waals surface area contributed by atoms with Gasteiger partial charge in [0.05, 0.1) is 10.5 Å². The Bertz CT molecular complexity index is 608. The van der Waals surface area contributed by atoms with E-state index in [1.54, 1.807) is 25.1 Å². The van der Waals surface area contributed by atoms with Gasteiger partial charge in [0.25, 0.3) is 6.01 Å². The van der Waals surface area contributed by atoms with Gasteiger partial charge in [-0.3, -0.25) is 0 Å². The Morgan fingerprint density at radius 1 is 1.31 bits per heavy atom. The van der Waals surface area contributed by atoms with Crippen LogP contribution >= 0.6 is 23.2 Å². The van der Waals surface area contributed by atoms with Crippen LogP contribution in [-0.4, -0.2) is 19.1 Å². The normalized spacial score (nSPS) is 10.8. The Balaban J connectivity index is 2.87. The number of rotatable bonds is 1. The molecule has 4 nitrogen and oxygen atoms in total. The van der Waals surface area contributed by atoms with Crippen LogP contribution in [0.25, 0.3) is 10.9 Å². The molecule has 0 fully saturated rings. The second kappa shape index (κ2) is 3.96. The molecule has 0 radical (unpaired) electrons. The number of benzene rings is 1. The van der Waals surface area contributed by atoms with Crippen LogP contribution in [0.5, 0.6) is 0 Å². The summed E-state index contributed by atoms with van der Waals surface area (Å²) < 4.78 is 5.00. The Morgan fingerprint density at radius 2 is 2.00 bits per heavy atom. The lowest BCUT2D eigenvalue weighted by molar-refractivity contribution is 0.503. The minimum Gasteiger partial charge on any atom is -0.388 e. The first kappa shape index (κ1) is 11.2. The van der Waals surface area contributed by atoms with Crippen molar-refractivity contribution in [1.29, 1.82) is 0 Å². The van der Waals surface area contributed by atoms with Gasteiger partial charge in [-0.2, -0.15) is 4.98 Å². The summed E-state index contributed by atoms with van der Waals surface area (Å²) in [5.74, 6) is 0. The third-order valence-corrected chi connectivity index (χ3v) is 2.54. The van der Waals surface area contributed by atoms with Crippen molar-refractivity contribution in [2.75, 3.05) is 19.0 Å². The fraction of sp³-hybridized carbons (Fsp3) is 0.200. The molecule has 0 saturated carbocycles. The van der Waals surface area contributed by atoms with Crippen molar-refractivity contribution in [3.05, 3.63) is 32.6 Å². The van der Waals surface area contributed by atoms with Crippen LogP contribution in [0, 0.1) is 0 Å². The van der Waals surface area contributed by atoms with E-state index in [2.05, 4.69) is 4.98 Å². The van der Waals surface area contributed by atoms with Gasteiger partial charge in [-0.05, 0) is 12.1 Å². The Morgan fingerprint density at radius 3 is 2.62 bits per heavy atom. The number of anilines is 1. The summed E-state index contributed by atoms with van der Waals surface area (Å²) >= 11 is 11.7. The van der Waals surface area contributed by atoms with Crippen molar-refractivity contribution in [2.24, 2.45) is 0 Å². The van der Waals surface area contributed by atoms with Crippen LogP contribution in [0.1, 0.15) is 0 Å². The molecule has 0 bridgehead atoms. The number of fused-ring (bicyclic) bond motifs is 1. The smallest absolute Gasteiger partial charge is 0.349 e. The largest absolute Gasteiger partial charge is 0.388 e. The van der Waals surface area contributed by atoms with Crippen LogP contribution in [0.4, 0.5) is 6.01 Å². The van der Waals surface area contributed by atoms with E-state index in [4.69, 9.17) is 27.6 Å². The predicted octanol–water partition coefficient (Wildman–Crippen LogP) is 2.56. The molecule has 2 rings (SSSR count). The molecule has 0 amide bonds. The van der Waals surface area contributed by atoms with Gasteiger partial charge in [0.15, 0.2) is 0 Å². The maximum Gasteiger partial charge on any atom is 0.349 e. The summed E-state index contributed by atoms with van der Waals surface area (Å²) in [5, 5.41) is 0.922. The van der Waals surface area contributed by atoms with Crippen molar-refractivity contribution in [1.82, 2.24) is 4.98 Å². The predicted molar refractivity (Wildman–Crippen MR) is 64.6 cm³/mol. The summed E-state index contributed by atoms with van der Waals surface area (Å²) in [6.07, 6.45) is 0. The molecule has 0 saturated heterocycles. The summed E-state index contributed by atoms with van der Waals surface area (Å²) in [4.78, 5) is 17.4. The fourth-order valence-electron chi connectivity index (χ4n) is 1.30. The van der Waals surface area contributed by atoms with Crippen molar-refractivity contribution in [3.8, 4) is 0 Å². The van der Waals surface area contributed by atoms with Crippen molar-refractivity contribution in [3.63, 3.8) is 0 Å². The van der Waals surface area contributed by atoms with Crippen molar-refractivity contribution >= 4 is 40.1 Å². The molecule has 0 aliphatic carbocycles. The van der Waals surface area contributed by atoms with Crippen molar-refractivity contribution < 1.29 is 4.42 Å². The highest BCUT2D eigenvalue weighted by molar-refractivity contribution is 6.38. The molecule has 1 heterocycles. The second-order valence-electron chi connectivity index (χ2n) is 3.46. The minimum atomic E-state index is -0.518. The van der Waals surface area contributed by atoms with E-state index in [1.807, 2.05) is 0 Å². The highest BCUT2D eigenvalue weighted by atomic mass is 35.5. The monoisotopic (exact) mass is 258 g/mol. The van der Waals surface area contributed by atoms with Gasteiger partial charge in [-0.15, -0.1) is 0 Å². The molecule has 1 aromatic carbocycles. The molecule has 0 spiro atoms. The molecule has 0 unspecified atom stereocenters.